The smallest absolute Gasteiger partial charge is 0.0561 e. The van der Waals surface area contributed by atoms with Gasteiger partial charge in [0.1, 0.15) is 0 Å². The van der Waals surface area contributed by atoms with Gasteiger partial charge in [-0.05, 0) is 116 Å². The number of anilines is 3. The predicted molar refractivity (Wildman–Crippen MR) is 230 cm³/mol. The first-order valence-corrected chi connectivity index (χ1v) is 18.9. The second kappa shape index (κ2) is 11.4. The first kappa shape index (κ1) is 30.9. The third kappa shape index (κ3) is 4.34. The number of rotatable bonds is 4. The molecule has 1 aliphatic carbocycles. The van der Waals surface area contributed by atoms with E-state index in [1.165, 1.54) is 93.3 Å². The van der Waals surface area contributed by atoms with Crippen molar-refractivity contribution < 1.29 is 0 Å². The highest BCUT2D eigenvalue weighted by Gasteiger charge is 2.35. The summed E-state index contributed by atoms with van der Waals surface area (Å²) >= 11 is 0. The molecule has 1 aliphatic rings. The minimum atomic E-state index is -0.0843. The highest BCUT2D eigenvalue weighted by Crippen LogP contribution is 2.50. The standard InChI is InChI=1S/C52H38N2/c1-33-14-4-12-22-49(33)53(34-24-27-41-39-17-6-5-15-37(39)38-16-7-8-18-40(38)46(41)30-34)36-26-29-45-44-20-10-13-23-50(44)54(51(45)32-36)35-25-28-43-42-19-9-11-21-47(42)52(2,3)48(43)31-35/h4-32H,1-3H3. The van der Waals surface area contributed by atoms with E-state index in [4.69, 9.17) is 0 Å². The van der Waals surface area contributed by atoms with Crippen LogP contribution in [0, 0.1) is 6.92 Å². The van der Waals surface area contributed by atoms with E-state index in [1.54, 1.807) is 0 Å². The molecule has 0 spiro atoms. The topological polar surface area (TPSA) is 8.17 Å². The molecule has 1 aromatic heterocycles. The average molecular weight is 691 g/mol. The van der Waals surface area contributed by atoms with Crippen LogP contribution in [0.15, 0.2) is 176 Å². The third-order valence-corrected chi connectivity index (χ3v) is 12.1. The Hall–Kier alpha value is -6.64. The van der Waals surface area contributed by atoms with E-state index in [1.807, 2.05) is 0 Å². The number of aromatic nitrogens is 1. The summed E-state index contributed by atoms with van der Waals surface area (Å²) in [5, 5.41) is 10.2. The molecule has 0 unspecified atom stereocenters. The van der Waals surface area contributed by atoms with E-state index < -0.39 is 0 Å². The first-order chi connectivity index (χ1) is 26.5. The quantitative estimate of drug-likeness (QED) is 0.167. The molecule has 0 saturated carbocycles. The van der Waals surface area contributed by atoms with Crippen LogP contribution < -0.4 is 4.90 Å². The molecule has 0 amide bonds. The zero-order valence-corrected chi connectivity index (χ0v) is 30.6. The number of fused-ring (bicyclic) bond motifs is 12. The Morgan fingerprint density at radius 2 is 0.944 bits per heavy atom. The fraction of sp³-hybridized carbons (Fsp3) is 0.0769. The Bertz CT molecular complexity index is 3130. The summed E-state index contributed by atoms with van der Waals surface area (Å²) in [5.41, 5.74) is 13.6. The van der Waals surface area contributed by atoms with E-state index in [-0.39, 0.29) is 5.41 Å². The highest BCUT2D eigenvalue weighted by atomic mass is 15.1. The second-order valence-corrected chi connectivity index (χ2v) is 15.4. The first-order valence-electron chi connectivity index (χ1n) is 18.9. The van der Waals surface area contributed by atoms with Crippen molar-refractivity contribution >= 4 is 71.2 Å². The van der Waals surface area contributed by atoms with Gasteiger partial charge in [-0.1, -0.05) is 141 Å². The zero-order valence-electron chi connectivity index (χ0n) is 30.6. The lowest BCUT2D eigenvalue weighted by molar-refractivity contribution is 0.660. The van der Waals surface area contributed by atoms with Crippen LogP contribution in [0.25, 0.3) is 70.9 Å². The van der Waals surface area contributed by atoms with Crippen LogP contribution in [0.3, 0.4) is 0 Å². The van der Waals surface area contributed by atoms with Crippen molar-refractivity contribution in [1.82, 2.24) is 4.57 Å². The minimum absolute atomic E-state index is 0.0843. The molecule has 11 rings (SSSR count). The van der Waals surface area contributed by atoms with E-state index in [9.17, 15) is 0 Å². The summed E-state index contributed by atoms with van der Waals surface area (Å²) < 4.78 is 2.48. The summed E-state index contributed by atoms with van der Waals surface area (Å²) in [7, 11) is 0. The lowest BCUT2D eigenvalue weighted by Gasteiger charge is -2.28. The van der Waals surface area contributed by atoms with Crippen LogP contribution in [-0.2, 0) is 5.41 Å². The molecule has 9 aromatic carbocycles. The van der Waals surface area contributed by atoms with Crippen LogP contribution in [-0.4, -0.2) is 4.57 Å². The van der Waals surface area contributed by atoms with Crippen LogP contribution in [0.1, 0.15) is 30.5 Å². The lowest BCUT2D eigenvalue weighted by Crippen LogP contribution is -2.15. The highest BCUT2D eigenvalue weighted by molar-refractivity contribution is 6.26. The molecule has 0 bridgehead atoms. The van der Waals surface area contributed by atoms with Crippen molar-refractivity contribution in [3.63, 3.8) is 0 Å². The van der Waals surface area contributed by atoms with Crippen molar-refractivity contribution in [2.45, 2.75) is 26.2 Å². The molecule has 1 heterocycles. The van der Waals surface area contributed by atoms with Crippen molar-refractivity contribution in [2.24, 2.45) is 0 Å². The fourth-order valence-corrected chi connectivity index (χ4v) is 9.48. The Kier molecular flexibility index (Phi) is 6.55. The zero-order chi connectivity index (χ0) is 36.1. The van der Waals surface area contributed by atoms with Gasteiger partial charge in [-0.25, -0.2) is 0 Å². The molecular formula is C52H38N2. The van der Waals surface area contributed by atoms with Gasteiger partial charge in [0.05, 0.1) is 11.0 Å². The van der Waals surface area contributed by atoms with E-state index in [0.717, 1.165) is 11.4 Å². The number of para-hydroxylation sites is 2. The maximum Gasteiger partial charge on any atom is 0.0561 e. The lowest BCUT2D eigenvalue weighted by atomic mass is 9.82. The fourth-order valence-electron chi connectivity index (χ4n) is 9.48. The normalized spacial score (nSPS) is 13.2. The second-order valence-electron chi connectivity index (χ2n) is 15.4. The number of nitrogens with zero attached hydrogens (tertiary/aromatic N) is 2. The molecule has 0 atom stereocenters. The summed E-state index contributed by atoms with van der Waals surface area (Å²) in [4.78, 5) is 2.45. The molecule has 0 aliphatic heterocycles. The van der Waals surface area contributed by atoms with Gasteiger partial charge in [0, 0.05) is 38.9 Å². The van der Waals surface area contributed by atoms with Gasteiger partial charge in [-0.2, -0.15) is 0 Å². The van der Waals surface area contributed by atoms with Gasteiger partial charge in [0.25, 0.3) is 0 Å². The van der Waals surface area contributed by atoms with Crippen LogP contribution in [0.4, 0.5) is 17.1 Å². The molecule has 0 N–H and O–H groups in total. The Morgan fingerprint density at radius 3 is 1.69 bits per heavy atom. The van der Waals surface area contributed by atoms with Gasteiger partial charge in [0.2, 0.25) is 0 Å². The number of hydrogen-bond acceptors (Lipinski definition) is 1. The number of aryl methyl sites for hydroxylation is 1. The molecule has 54 heavy (non-hydrogen) atoms. The van der Waals surface area contributed by atoms with E-state index in [2.05, 4.69) is 206 Å². The largest absolute Gasteiger partial charge is 0.310 e. The SMILES string of the molecule is Cc1ccccc1N(c1ccc2c3ccccc3c3ccccc3c2c1)c1ccc2c3ccccc3n(-c3ccc4c(c3)C(C)(C)c3ccccc3-4)c2c1. The molecular weight excluding hydrogens is 653 g/mol. The monoisotopic (exact) mass is 690 g/mol. The molecule has 256 valence electrons. The van der Waals surface area contributed by atoms with Crippen molar-refractivity contribution in [3.8, 4) is 16.8 Å². The summed E-state index contributed by atoms with van der Waals surface area (Å²) in [6, 6.07) is 65.3. The summed E-state index contributed by atoms with van der Waals surface area (Å²) in [6.07, 6.45) is 0. The minimum Gasteiger partial charge on any atom is -0.310 e. The van der Waals surface area contributed by atoms with Gasteiger partial charge < -0.3 is 9.47 Å². The average Bonchev–Trinajstić information content (AvgIpc) is 3.66. The van der Waals surface area contributed by atoms with Crippen LogP contribution in [0.2, 0.25) is 0 Å². The van der Waals surface area contributed by atoms with Crippen molar-refractivity contribution in [3.05, 3.63) is 193 Å². The molecule has 2 heteroatoms. The van der Waals surface area contributed by atoms with Crippen molar-refractivity contribution in [1.29, 1.82) is 0 Å². The Labute approximate surface area is 315 Å². The third-order valence-electron chi connectivity index (χ3n) is 12.1. The summed E-state index contributed by atoms with van der Waals surface area (Å²) in [5.74, 6) is 0. The van der Waals surface area contributed by atoms with E-state index in [0.29, 0.717) is 0 Å². The molecule has 2 nitrogen and oxygen atoms in total. The van der Waals surface area contributed by atoms with Gasteiger partial charge in [-0.15, -0.1) is 0 Å². The Balaban J connectivity index is 1.16. The molecule has 0 saturated heterocycles. The molecule has 10 aromatic rings. The maximum atomic E-state index is 2.48. The van der Waals surface area contributed by atoms with Crippen LogP contribution in [0.5, 0.6) is 0 Å². The molecule has 0 radical (unpaired) electrons. The predicted octanol–water partition coefficient (Wildman–Crippen LogP) is 14.3. The van der Waals surface area contributed by atoms with Crippen molar-refractivity contribution in [2.75, 3.05) is 4.90 Å². The number of benzene rings is 9. The number of hydrogen-bond donors (Lipinski definition) is 0. The van der Waals surface area contributed by atoms with Gasteiger partial charge in [-0.3, -0.25) is 0 Å². The van der Waals surface area contributed by atoms with Crippen LogP contribution >= 0.6 is 0 Å². The van der Waals surface area contributed by atoms with E-state index >= 15 is 0 Å². The Morgan fingerprint density at radius 1 is 0.407 bits per heavy atom. The maximum absolute atomic E-state index is 2.48. The van der Waals surface area contributed by atoms with Gasteiger partial charge in [0.15, 0.2) is 0 Å². The summed E-state index contributed by atoms with van der Waals surface area (Å²) in [6.45, 7) is 6.94. The molecule has 0 fully saturated rings. The van der Waals surface area contributed by atoms with Gasteiger partial charge >= 0.3 is 0 Å².